The summed E-state index contributed by atoms with van der Waals surface area (Å²) in [5, 5.41) is 1.29. The average molecular weight is 465 g/mol. The van der Waals surface area contributed by atoms with Gasteiger partial charge in [0, 0.05) is 60.1 Å². The molecule has 2 aromatic heterocycles. The maximum atomic E-state index is 12.8. The molecule has 0 saturated carbocycles. The summed E-state index contributed by atoms with van der Waals surface area (Å²) < 4.78 is 2.15. The summed E-state index contributed by atoms with van der Waals surface area (Å²) in [7, 11) is 0. The second-order valence-corrected chi connectivity index (χ2v) is 8.79. The maximum absolute atomic E-state index is 12.8. The Morgan fingerprint density at radius 1 is 0.875 bits per heavy atom. The molecule has 0 N–H and O–H groups in total. The molecule has 162 valence electrons. The van der Waals surface area contributed by atoms with Gasteiger partial charge in [0.15, 0.2) is 0 Å². The number of hydrogen-bond donors (Lipinski definition) is 0. The Bertz CT molecular complexity index is 1260. The normalized spacial score (nSPS) is 14.8. The number of aromatic nitrogens is 2. The Kier molecular flexibility index (Phi) is 5.87. The van der Waals surface area contributed by atoms with Crippen LogP contribution in [-0.4, -0.2) is 51.3 Å². The first-order valence-corrected chi connectivity index (χ1v) is 11.3. The van der Waals surface area contributed by atoms with E-state index >= 15 is 0 Å². The molecule has 1 aliphatic rings. The van der Waals surface area contributed by atoms with Crippen molar-refractivity contribution in [1.29, 1.82) is 0 Å². The summed E-state index contributed by atoms with van der Waals surface area (Å²) in [4.78, 5) is 22.0. The third kappa shape index (κ3) is 4.24. The highest BCUT2D eigenvalue weighted by Crippen LogP contribution is 2.27. The Balaban J connectivity index is 1.35. The summed E-state index contributed by atoms with van der Waals surface area (Å²) in [5.41, 5.74) is 4.70. The van der Waals surface area contributed by atoms with Crippen LogP contribution in [0, 0.1) is 0 Å². The number of carbonyl (C=O) groups is 1. The van der Waals surface area contributed by atoms with Gasteiger partial charge in [0.1, 0.15) is 5.65 Å². The van der Waals surface area contributed by atoms with E-state index in [9.17, 15) is 4.79 Å². The molecule has 1 amide bonds. The van der Waals surface area contributed by atoms with E-state index in [-0.39, 0.29) is 5.91 Å². The van der Waals surface area contributed by atoms with E-state index < -0.39 is 0 Å². The molecule has 0 bridgehead atoms. The van der Waals surface area contributed by atoms with Gasteiger partial charge in [0.05, 0.1) is 11.4 Å². The zero-order valence-electron chi connectivity index (χ0n) is 17.4. The molecule has 3 heterocycles. The number of carbonyl (C=O) groups excluding carboxylic acids is 1. The predicted molar refractivity (Wildman–Crippen MR) is 128 cm³/mol. The van der Waals surface area contributed by atoms with Crippen LogP contribution in [0.15, 0.2) is 72.9 Å². The van der Waals surface area contributed by atoms with Crippen molar-refractivity contribution in [2.75, 3.05) is 26.2 Å². The molecule has 1 aliphatic heterocycles. The van der Waals surface area contributed by atoms with E-state index in [2.05, 4.69) is 15.5 Å². The van der Waals surface area contributed by atoms with E-state index in [4.69, 9.17) is 28.2 Å². The molecule has 0 atom stereocenters. The minimum absolute atomic E-state index is 0.0313. The van der Waals surface area contributed by atoms with Gasteiger partial charge < -0.3 is 9.30 Å². The zero-order valence-corrected chi connectivity index (χ0v) is 18.9. The molecule has 7 heteroatoms. The van der Waals surface area contributed by atoms with Crippen LogP contribution < -0.4 is 0 Å². The van der Waals surface area contributed by atoms with E-state index in [0.717, 1.165) is 42.2 Å². The van der Waals surface area contributed by atoms with Gasteiger partial charge in [-0.05, 0) is 42.5 Å². The topological polar surface area (TPSA) is 40.9 Å². The first-order chi connectivity index (χ1) is 15.6. The highest BCUT2D eigenvalue weighted by Gasteiger charge is 2.24. The number of benzene rings is 2. The van der Waals surface area contributed by atoms with Gasteiger partial charge in [-0.2, -0.15) is 0 Å². The van der Waals surface area contributed by atoms with Crippen LogP contribution in [0.1, 0.15) is 16.1 Å². The van der Waals surface area contributed by atoms with Crippen molar-refractivity contribution >= 4 is 34.8 Å². The minimum atomic E-state index is 0.0313. The Hall–Kier alpha value is -2.86. The lowest BCUT2D eigenvalue weighted by atomic mass is 10.1. The lowest BCUT2D eigenvalue weighted by molar-refractivity contribution is 0.0627. The standard InChI is InChI=1S/C25H22Cl2N4O/c26-20-9-7-18(8-10-20)24-22(31-11-2-1-6-23(31)28-24)17-29-12-14-30(15-13-29)25(32)19-4-3-5-21(27)16-19/h1-11,16H,12-15,17H2. The molecule has 5 rings (SSSR count). The Labute approximate surface area is 196 Å². The van der Waals surface area contributed by atoms with Crippen molar-refractivity contribution in [2.45, 2.75) is 6.54 Å². The van der Waals surface area contributed by atoms with Crippen LogP contribution in [-0.2, 0) is 6.54 Å². The number of imidazole rings is 1. The summed E-state index contributed by atoms with van der Waals surface area (Å²) >= 11 is 12.1. The SMILES string of the molecule is O=C(c1cccc(Cl)c1)N1CCN(Cc2c(-c3ccc(Cl)cc3)nc3ccccn23)CC1. The van der Waals surface area contributed by atoms with Crippen molar-refractivity contribution in [2.24, 2.45) is 0 Å². The van der Waals surface area contributed by atoms with Crippen LogP contribution in [0.2, 0.25) is 10.0 Å². The smallest absolute Gasteiger partial charge is 0.253 e. The molecule has 0 aliphatic carbocycles. The summed E-state index contributed by atoms with van der Waals surface area (Å²) in [6, 6.07) is 21.0. The molecule has 5 nitrogen and oxygen atoms in total. The number of nitrogens with zero attached hydrogens (tertiary/aromatic N) is 4. The fourth-order valence-corrected chi connectivity index (χ4v) is 4.48. The van der Waals surface area contributed by atoms with Gasteiger partial charge in [0.2, 0.25) is 0 Å². The van der Waals surface area contributed by atoms with Crippen LogP contribution in [0.25, 0.3) is 16.9 Å². The summed E-state index contributed by atoms with van der Waals surface area (Å²) in [6.07, 6.45) is 2.05. The number of pyridine rings is 1. The Morgan fingerprint density at radius 2 is 1.66 bits per heavy atom. The van der Waals surface area contributed by atoms with Crippen LogP contribution >= 0.6 is 23.2 Å². The maximum Gasteiger partial charge on any atom is 0.253 e. The number of hydrogen-bond acceptors (Lipinski definition) is 3. The molecule has 2 aromatic carbocycles. The van der Waals surface area contributed by atoms with E-state index in [0.29, 0.717) is 28.7 Å². The number of amides is 1. The number of piperazine rings is 1. The van der Waals surface area contributed by atoms with Gasteiger partial charge in [-0.1, -0.05) is 47.5 Å². The third-order valence-corrected chi connectivity index (χ3v) is 6.34. The molecular weight excluding hydrogens is 443 g/mol. The molecule has 0 spiro atoms. The number of rotatable bonds is 4. The predicted octanol–water partition coefficient (Wildman–Crippen LogP) is 5.27. The van der Waals surface area contributed by atoms with Gasteiger partial charge in [-0.25, -0.2) is 4.98 Å². The van der Waals surface area contributed by atoms with Crippen molar-refractivity contribution in [1.82, 2.24) is 19.2 Å². The second kappa shape index (κ2) is 8.94. The second-order valence-electron chi connectivity index (χ2n) is 7.92. The minimum Gasteiger partial charge on any atom is -0.336 e. The quantitative estimate of drug-likeness (QED) is 0.413. The van der Waals surface area contributed by atoms with Crippen LogP contribution in [0.5, 0.6) is 0 Å². The van der Waals surface area contributed by atoms with Gasteiger partial charge in [-0.15, -0.1) is 0 Å². The highest BCUT2D eigenvalue weighted by atomic mass is 35.5. The summed E-state index contributed by atoms with van der Waals surface area (Å²) in [6.45, 7) is 3.71. The first kappa shape index (κ1) is 21.0. The molecule has 0 radical (unpaired) electrons. The Morgan fingerprint density at radius 3 is 2.41 bits per heavy atom. The molecule has 32 heavy (non-hydrogen) atoms. The van der Waals surface area contributed by atoms with Gasteiger partial charge in [-0.3, -0.25) is 9.69 Å². The van der Waals surface area contributed by atoms with Gasteiger partial charge in [0.25, 0.3) is 5.91 Å². The molecule has 0 unspecified atom stereocenters. The van der Waals surface area contributed by atoms with Crippen molar-refractivity contribution in [3.8, 4) is 11.3 Å². The fourth-order valence-electron chi connectivity index (χ4n) is 4.16. The molecule has 1 saturated heterocycles. The van der Waals surface area contributed by atoms with Gasteiger partial charge >= 0.3 is 0 Å². The van der Waals surface area contributed by atoms with Crippen LogP contribution in [0.4, 0.5) is 0 Å². The monoisotopic (exact) mass is 464 g/mol. The molecular formula is C25H22Cl2N4O. The van der Waals surface area contributed by atoms with Crippen molar-refractivity contribution in [3.05, 3.63) is 94.2 Å². The molecule has 4 aromatic rings. The lowest BCUT2D eigenvalue weighted by Gasteiger charge is -2.34. The first-order valence-electron chi connectivity index (χ1n) is 10.6. The largest absolute Gasteiger partial charge is 0.336 e. The average Bonchev–Trinajstić information content (AvgIpc) is 3.18. The zero-order chi connectivity index (χ0) is 22.1. The third-order valence-electron chi connectivity index (χ3n) is 5.85. The highest BCUT2D eigenvalue weighted by molar-refractivity contribution is 6.31. The van der Waals surface area contributed by atoms with Crippen LogP contribution in [0.3, 0.4) is 0 Å². The van der Waals surface area contributed by atoms with E-state index in [1.165, 1.54) is 0 Å². The lowest BCUT2D eigenvalue weighted by Crippen LogP contribution is -2.48. The number of halogens is 2. The van der Waals surface area contributed by atoms with E-state index in [1.807, 2.05) is 59.5 Å². The fraction of sp³-hybridized carbons (Fsp3) is 0.200. The van der Waals surface area contributed by atoms with E-state index in [1.54, 1.807) is 12.1 Å². The van der Waals surface area contributed by atoms with Crippen molar-refractivity contribution < 1.29 is 4.79 Å². The van der Waals surface area contributed by atoms with Crippen molar-refractivity contribution in [3.63, 3.8) is 0 Å². The molecule has 1 fully saturated rings. The summed E-state index contributed by atoms with van der Waals surface area (Å²) in [5.74, 6) is 0.0313. The number of fused-ring (bicyclic) bond motifs is 1.